The lowest BCUT2D eigenvalue weighted by atomic mass is 9.94. The van der Waals surface area contributed by atoms with E-state index in [-0.39, 0.29) is 37.3 Å². The molecule has 6 rings (SSSR count). The number of carbonyl (C=O) groups excluding carboxylic acids is 2. The van der Waals surface area contributed by atoms with Gasteiger partial charge in [-0.3, -0.25) is 29.4 Å². The molecule has 0 aliphatic carbocycles. The number of aryl methyl sites for hydroxylation is 2. The molecule has 0 saturated carbocycles. The highest BCUT2D eigenvalue weighted by atomic mass is 19.3. The van der Waals surface area contributed by atoms with Gasteiger partial charge in [0.25, 0.3) is 23.7 Å². The molecule has 2 aliphatic heterocycles. The second-order valence-corrected chi connectivity index (χ2v) is 13.5. The molecule has 0 radical (unpaired) electrons. The Balaban J connectivity index is 1.14. The van der Waals surface area contributed by atoms with Crippen molar-refractivity contribution in [2.24, 2.45) is 0 Å². The van der Waals surface area contributed by atoms with Crippen molar-refractivity contribution in [1.82, 2.24) is 19.8 Å². The van der Waals surface area contributed by atoms with Gasteiger partial charge in [0.1, 0.15) is 11.4 Å². The number of carbonyl (C=O) groups is 2. The molecule has 4 aromatic rings. The lowest BCUT2D eigenvalue weighted by Gasteiger charge is -2.18. The molecule has 8 nitrogen and oxygen atoms in total. The fourth-order valence-electron chi connectivity index (χ4n) is 6.61. The van der Waals surface area contributed by atoms with Gasteiger partial charge in [-0.15, -0.1) is 0 Å². The number of halogens is 4. The first-order chi connectivity index (χ1) is 23.7. The lowest BCUT2D eigenvalue weighted by molar-refractivity contribution is 0.0108. The summed E-state index contributed by atoms with van der Waals surface area (Å²) in [7, 11) is 0. The normalized spacial score (nSPS) is 17.2. The van der Waals surface area contributed by atoms with E-state index < -0.39 is 23.7 Å². The Bertz CT molecular complexity index is 1810. The summed E-state index contributed by atoms with van der Waals surface area (Å²) in [6, 6.07) is 14.5. The Hall–Kier alpha value is -4.68. The Morgan fingerprint density at radius 1 is 0.680 bits per heavy atom. The van der Waals surface area contributed by atoms with Gasteiger partial charge < -0.3 is 10.6 Å². The third kappa shape index (κ3) is 7.87. The fourth-order valence-corrected chi connectivity index (χ4v) is 6.61. The van der Waals surface area contributed by atoms with Crippen molar-refractivity contribution in [3.8, 4) is 11.1 Å². The van der Waals surface area contributed by atoms with Crippen LogP contribution in [0.2, 0.25) is 0 Å². The molecule has 2 fully saturated rings. The Labute approximate surface area is 288 Å². The van der Waals surface area contributed by atoms with E-state index in [0.717, 1.165) is 44.5 Å². The van der Waals surface area contributed by atoms with Crippen LogP contribution in [0.3, 0.4) is 0 Å². The summed E-state index contributed by atoms with van der Waals surface area (Å²) in [4.78, 5) is 38.6. The average molecular weight is 689 g/mol. The second kappa shape index (κ2) is 13.9. The summed E-state index contributed by atoms with van der Waals surface area (Å²) >= 11 is 0. The van der Waals surface area contributed by atoms with Crippen LogP contribution in [0.25, 0.3) is 11.1 Å². The molecule has 4 heterocycles. The van der Waals surface area contributed by atoms with Gasteiger partial charge in [0.2, 0.25) is 0 Å². The molecular formula is C38H40F4N6O2. The molecule has 50 heavy (non-hydrogen) atoms. The van der Waals surface area contributed by atoms with E-state index in [1.807, 2.05) is 52.0 Å². The van der Waals surface area contributed by atoms with E-state index in [2.05, 4.69) is 20.6 Å². The SMILES string of the molecule is Cc1cc(C(=O)Nc2cccc(-c3cccc(NC(=O)c4cc(C)c(CN5CCC(F)(F)C5)cn4)c3C)c2C)ncc1CN1CCC(F)(F)C1. The van der Waals surface area contributed by atoms with Crippen LogP contribution in [0, 0.1) is 27.7 Å². The van der Waals surface area contributed by atoms with Crippen molar-refractivity contribution >= 4 is 23.2 Å². The minimum atomic E-state index is -2.67. The van der Waals surface area contributed by atoms with Crippen molar-refractivity contribution in [1.29, 1.82) is 0 Å². The van der Waals surface area contributed by atoms with Crippen LogP contribution in [0.4, 0.5) is 28.9 Å². The van der Waals surface area contributed by atoms with Gasteiger partial charge in [-0.05, 0) is 96.5 Å². The van der Waals surface area contributed by atoms with Crippen molar-refractivity contribution in [2.75, 3.05) is 36.8 Å². The Kier molecular flexibility index (Phi) is 9.78. The molecule has 2 aromatic carbocycles. The molecule has 0 atom stereocenters. The topological polar surface area (TPSA) is 90.5 Å². The zero-order chi connectivity index (χ0) is 35.8. The highest BCUT2D eigenvalue weighted by Gasteiger charge is 2.39. The summed E-state index contributed by atoms with van der Waals surface area (Å²) in [5, 5.41) is 5.92. The quantitative estimate of drug-likeness (QED) is 0.177. The molecule has 2 aliphatic rings. The molecule has 12 heteroatoms. The smallest absolute Gasteiger partial charge is 0.274 e. The second-order valence-electron chi connectivity index (χ2n) is 13.5. The number of hydrogen-bond donors (Lipinski definition) is 2. The third-order valence-corrected chi connectivity index (χ3v) is 9.64. The number of nitrogens with one attached hydrogen (secondary N) is 2. The van der Waals surface area contributed by atoms with Gasteiger partial charge in [-0.25, -0.2) is 17.6 Å². The summed E-state index contributed by atoms with van der Waals surface area (Å²) in [5.41, 5.74) is 8.21. The summed E-state index contributed by atoms with van der Waals surface area (Å²) < 4.78 is 54.6. The van der Waals surface area contributed by atoms with Crippen LogP contribution in [-0.4, -0.2) is 69.6 Å². The van der Waals surface area contributed by atoms with Gasteiger partial charge in [0, 0.05) is 62.8 Å². The third-order valence-electron chi connectivity index (χ3n) is 9.64. The maximum Gasteiger partial charge on any atom is 0.274 e. The van der Waals surface area contributed by atoms with E-state index in [9.17, 15) is 27.2 Å². The van der Waals surface area contributed by atoms with Crippen LogP contribution in [0.15, 0.2) is 60.9 Å². The number of pyridine rings is 2. The summed E-state index contributed by atoms with van der Waals surface area (Å²) in [6.45, 7) is 8.27. The van der Waals surface area contributed by atoms with Gasteiger partial charge in [-0.2, -0.15) is 0 Å². The van der Waals surface area contributed by atoms with E-state index in [1.54, 1.807) is 46.5 Å². The monoisotopic (exact) mass is 688 g/mol. The van der Waals surface area contributed by atoms with Gasteiger partial charge >= 0.3 is 0 Å². The van der Waals surface area contributed by atoms with Crippen LogP contribution in [0.1, 0.15) is 67.2 Å². The van der Waals surface area contributed by atoms with Gasteiger partial charge in [0.15, 0.2) is 0 Å². The maximum atomic E-state index is 13.6. The van der Waals surface area contributed by atoms with Crippen molar-refractivity contribution < 1.29 is 27.2 Å². The summed E-state index contributed by atoms with van der Waals surface area (Å²) in [5.74, 6) is -6.13. The molecule has 0 spiro atoms. The largest absolute Gasteiger partial charge is 0.320 e. The van der Waals surface area contributed by atoms with Gasteiger partial charge in [0.05, 0.1) is 13.1 Å². The van der Waals surface area contributed by atoms with Crippen LogP contribution >= 0.6 is 0 Å². The van der Waals surface area contributed by atoms with E-state index in [0.29, 0.717) is 37.6 Å². The zero-order valence-electron chi connectivity index (χ0n) is 28.5. The number of hydrogen-bond acceptors (Lipinski definition) is 6. The number of nitrogens with zero attached hydrogens (tertiary/aromatic N) is 4. The zero-order valence-corrected chi connectivity index (χ0v) is 28.5. The molecular weight excluding hydrogens is 648 g/mol. The number of alkyl halides is 4. The molecule has 0 bridgehead atoms. The van der Waals surface area contributed by atoms with E-state index >= 15 is 0 Å². The molecule has 2 amide bonds. The number of aromatic nitrogens is 2. The number of anilines is 2. The maximum absolute atomic E-state index is 13.6. The predicted molar refractivity (Wildman–Crippen MR) is 185 cm³/mol. The average Bonchev–Trinajstić information content (AvgIpc) is 3.59. The van der Waals surface area contributed by atoms with Crippen molar-refractivity contribution in [3.05, 3.63) is 106 Å². The first-order valence-electron chi connectivity index (χ1n) is 16.6. The molecule has 2 N–H and O–H groups in total. The Morgan fingerprint density at radius 3 is 1.42 bits per heavy atom. The van der Waals surface area contributed by atoms with Crippen LogP contribution in [0.5, 0.6) is 0 Å². The first kappa shape index (κ1) is 35.2. The van der Waals surface area contributed by atoms with Crippen molar-refractivity contribution in [2.45, 2.75) is 65.5 Å². The Morgan fingerprint density at radius 2 is 1.08 bits per heavy atom. The standard InChI is InChI=1S/C38H40F4N6O2/c1-23-15-33(43-17-27(23)19-47-13-11-37(39,40)21-47)35(49)45-31-9-5-7-29(25(31)3)30-8-6-10-32(26(30)4)46-36(50)34-16-24(2)28(18-44-34)20-48-14-12-38(41,42)22-48/h5-10,15-18H,11-14,19-22H2,1-4H3,(H,45,49)(H,46,50). The number of benzene rings is 2. The molecule has 2 aromatic heterocycles. The fraction of sp³-hybridized carbons (Fsp3) is 0.368. The van der Waals surface area contributed by atoms with Crippen molar-refractivity contribution in [3.63, 3.8) is 0 Å². The van der Waals surface area contributed by atoms with Crippen LogP contribution < -0.4 is 10.6 Å². The predicted octanol–water partition coefficient (Wildman–Crippen LogP) is 7.56. The van der Waals surface area contributed by atoms with Crippen LogP contribution in [-0.2, 0) is 13.1 Å². The molecule has 0 unspecified atom stereocenters. The van der Waals surface area contributed by atoms with E-state index in [1.165, 1.54) is 0 Å². The minimum Gasteiger partial charge on any atom is -0.320 e. The molecule has 2 saturated heterocycles. The highest BCUT2D eigenvalue weighted by molar-refractivity contribution is 6.05. The number of amides is 2. The van der Waals surface area contributed by atoms with E-state index in [4.69, 9.17) is 0 Å². The summed E-state index contributed by atoms with van der Waals surface area (Å²) in [6.07, 6.45) is 2.85. The number of likely N-dealkylation sites (tertiary alicyclic amines) is 2. The first-order valence-corrected chi connectivity index (χ1v) is 16.6. The number of rotatable bonds is 9. The highest BCUT2D eigenvalue weighted by Crippen LogP contribution is 2.35. The molecule has 262 valence electrons. The lowest BCUT2D eigenvalue weighted by Crippen LogP contribution is -2.25. The van der Waals surface area contributed by atoms with Gasteiger partial charge in [-0.1, -0.05) is 24.3 Å². The minimum absolute atomic E-state index is 0.155.